The predicted octanol–water partition coefficient (Wildman–Crippen LogP) is 4.62. The maximum absolute atomic E-state index is 10.4. The normalized spacial score (nSPS) is 19.1. The predicted molar refractivity (Wildman–Crippen MR) is 104 cm³/mol. The molecule has 0 radical (unpaired) electrons. The fraction of sp³-hybridized carbons (Fsp3) is 0.400. The van der Waals surface area contributed by atoms with E-state index in [1.807, 2.05) is 24.3 Å². The molecule has 6 heteroatoms. The number of aliphatic hydroxyl groups is 1. The van der Waals surface area contributed by atoms with E-state index in [1.165, 1.54) is 0 Å². The SMILES string of the molecule is OC(COc1ccc(Cl)cc1)CN1CCCCC1Oc1ccc(Cl)cc1. The summed E-state index contributed by atoms with van der Waals surface area (Å²) < 4.78 is 11.7. The molecule has 1 N–H and O–H groups in total. The number of hydrogen-bond donors (Lipinski definition) is 1. The van der Waals surface area contributed by atoms with Gasteiger partial charge in [-0.15, -0.1) is 0 Å². The Balaban J connectivity index is 1.51. The smallest absolute Gasteiger partial charge is 0.152 e. The molecule has 2 atom stereocenters. The lowest BCUT2D eigenvalue weighted by Gasteiger charge is -2.36. The Hall–Kier alpha value is -1.46. The van der Waals surface area contributed by atoms with Crippen molar-refractivity contribution in [3.63, 3.8) is 0 Å². The molecule has 1 heterocycles. The van der Waals surface area contributed by atoms with E-state index in [0.717, 1.165) is 31.6 Å². The Morgan fingerprint density at radius 2 is 1.58 bits per heavy atom. The van der Waals surface area contributed by atoms with E-state index in [4.69, 9.17) is 32.7 Å². The number of halogens is 2. The fourth-order valence-corrected chi connectivity index (χ4v) is 3.27. The molecule has 1 saturated heterocycles. The lowest BCUT2D eigenvalue weighted by Crippen LogP contribution is -2.47. The van der Waals surface area contributed by atoms with E-state index < -0.39 is 6.10 Å². The molecule has 0 spiro atoms. The molecular weight excluding hydrogens is 373 g/mol. The monoisotopic (exact) mass is 395 g/mol. The molecule has 0 aliphatic carbocycles. The van der Waals surface area contributed by atoms with Gasteiger partial charge in [0.15, 0.2) is 6.23 Å². The Labute approximate surface area is 164 Å². The third-order valence-electron chi connectivity index (χ3n) is 4.34. The summed E-state index contributed by atoms with van der Waals surface area (Å²) >= 11 is 11.8. The molecule has 140 valence electrons. The number of ether oxygens (including phenoxy) is 2. The maximum atomic E-state index is 10.4. The van der Waals surface area contributed by atoms with E-state index in [-0.39, 0.29) is 12.8 Å². The highest BCUT2D eigenvalue weighted by molar-refractivity contribution is 6.30. The molecule has 0 aromatic heterocycles. The minimum absolute atomic E-state index is 0.0462. The van der Waals surface area contributed by atoms with Crippen LogP contribution in [0.1, 0.15) is 19.3 Å². The van der Waals surface area contributed by atoms with Crippen LogP contribution in [0.25, 0.3) is 0 Å². The van der Waals surface area contributed by atoms with Crippen LogP contribution in [-0.2, 0) is 0 Å². The topological polar surface area (TPSA) is 41.9 Å². The van der Waals surface area contributed by atoms with Gasteiger partial charge in [0.1, 0.15) is 24.2 Å². The summed E-state index contributed by atoms with van der Waals surface area (Å²) in [7, 11) is 0. The first kappa shape index (κ1) is 19.3. The van der Waals surface area contributed by atoms with E-state index in [1.54, 1.807) is 24.3 Å². The first-order chi connectivity index (χ1) is 12.6. The molecule has 0 saturated carbocycles. The van der Waals surface area contributed by atoms with Gasteiger partial charge in [-0.25, -0.2) is 0 Å². The number of benzene rings is 2. The third kappa shape index (κ3) is 5.78. The van der Waals surface area contributed by atoms with Crippen molar-refractivity contribution in [2.45, 2.75) is 31.6 Å². The quantitative estimate of drug-likeness (QED) is 0.742. The Morgan fingerprint density at radius 3 is 2.23 bits per heavy atom. The van der Waals surface area contributed by atoms with Crippen molar-refractivity contribution in [2.75, 3.05) is 19.7 Å². The molecule has 2 unspecified atom stereocenters. The van der Waals surface area contributed by atoms with Crippen molar-refractivity contribution in [2.24, 2.45) is 0 Å². The van der Waals surface area contributed by atoms with Crippen LogP contribution in [0.5, 0.6) is 11.5 Å². The number of aliphatic hydroxyl groups excluding tert-OH is 1. The number of piperidine rings is 1. The second-order valence-electron chi connectivity index (χ2n) is 6.44. The van der Waals surface area contributed by atoms with Crippen molar-refractivity contribution in [1.82, 2.24) is 4.90 Å². The lowest BCUT2D eigenvalue weighted by atomic mass is 10.1. The molecule has 0 bridgehead atoms. The molecule has 2 aromatic rings. The average Bonchev–Trinajstić information content (AvgIpc) is 2.65. The summed E-state index contributed by atoms with van der Waals surface area (Å²) in [6.45, 7) is 1.63. The second kappa shape index (κ2) is 9.47. The highest BCUT2D eigenvalue weighted by Crippen LogP contribution is 2.23. The molecule has 1 aliphatic heterocycles. The van der Waals surface area contributed by atoms with Gasteiger partial charge in [0, 0.05) is 23.1 Å². The summed E-state index contributed by atoms with van der Waals surface area (Å²) in [5.74, 6) is 1.49. The molecule has 2 aromatic carbocycles. The summed E-state index contributed by atoms with van der Waals surface area (Å²) in [4.78, 5) is 2.17. The van der Waals surface area contributed by atoms with Gasteiger partial charge in [-0.2, -0.15) is 0 Å². The van der Waals surface area contributed by atoms with Gasteiger partial charge < -0.3 is 14.6 Å². The average molecular weight is 396 g/mol. The van der Waals surface area contributed by atoms with E-state index in [2.05, 4.69) is 4.90 Å². The van der Waals surface area contributed by atoms with Gasteiger partial charge in [0.05, 0.1) is 0 Å². The number of likely N-dealkylation sites (tertiary alicyclic amines) is 1. The van der Waals surface area contributed by atoms with E-state index >= 15 is 0 Å². The van der Waals surface area contributed by atoms with Crippen LogP contribution >= 0.6 is 23.2 Å². The van der Waals surface area contributed by atoms with Gasteiger partial charge in [-0.3, -0.25) is 4.90 Å². The van der Waals surface area contributed by atoms with Crippen molar-refractivity contribution in [3.05, 3.63) is 58.6 Å². The summed E-state index contributed by atoms with van der Waals surface area (Å²) in [6.07, 6.45) is 2.51. The molecular formula is C20H23Cl2NO3. The standard InChI is InChI=1S/C20H23Cl2NO3/c21-15-4-8-18(9-5-15)25-14-17(24)13-23-12-2-1-3-20(23)26-19-10-6-16(22)7-11-19/h4-11,17,20,24H,1-3,12-14H2. The van der Waals surface area contributed by atoms with Crippen LogP contribution in [-0.4, -0.2) is 42.0 Å². The van der Waals surface area contributed by atoms with Crippen LogP contribution in [0, 0.1) is 0 Å². The summed E-state index contributed by atoms with van der Waals surface area (Å²) in [5, 5.41) is 11.7. The molecule has 26 heavy (non-hydrogen) atoms. The summed E-state index contributed by atoms with van der Waals surface area (Å²) in [5.41, 5.74) is 0. The van der Waals surface area contributed by atoms with Gasteiger partial charge in [0.25, 0.3) is 0 Å². The molecule has 3 rings (SSSR count). The van der Waals surface area contributed by atoms with Gasteiger partial charge in [0.2, 0.25) is 0 Å². The first-order valence-electron chi connectivity index (χ1n) is 8.83. The van der Waals surface area contributed by atoms with Crippen molar-refractivity contribution in [1.29, 1.82) is 0 Å². The van der Waals surface area contributed by atoms with Crippen LogP contribution in [0.3, 0.4) is 0 Å². The highest BCUT2D eigenvalue weighted by atomic mass is 35.5. The first-order valence-corrected chi connectivity index (χ1v) is 9.58. The van der Waals surface area contributed by atoms with Crippen LogP contribution in [0.2, 0.25) is 10.0 Å². The number of hydrogen-bond acceptors (Lipinski definition) is 4. The molecule has 1 aliphatic rings. The van der Waals surface area contributed by atoms with Gasteiger partial charge in [-0.1, -0.05) is 23.2 Å². The van der Waals surface area contributed by atoms with Gasteiger partial charge in [-0.05, 0) is 67.8 Å². The van der Waals surface area contributed by atoms with E-state index in [0.29, 0.717) is 22.3 Å². The van der Waals surface area contributed by atoms with E-state index in [9.17, 15) is 5.11 Å². The lowest BCUT2D eigenvalue weighted by molar-refractivity contribution is -0.0362. The van der Waals surface area contributed by atoms with Crippen LogP contribution < -0.4 is 9.47 Å². The Morgan fingerprint density at radius 1 is 0.962 bits per heavy atom. The van der Waals surface area contributed by atoms with Crippen LogP contribution in [0.15, 0.2) is 48.5 Å². The van der Waals surface area contributed by atoms with Crippen molar-refractivity contribution < 1.29 is 14.6 Å². The molecule has 1 fully saturated rings. The zero-order valence-corrected chi connectivity index (χ0v) is 16.0. The zero-order valence-electron chi connectivity index (χ0n) is 14.5. The fourth-order valence-electron chi connectivity index (χ4n) is 3.02. The second-order valence-corrected chi connectivity index (χ2v) is 7.31. The van der Waals surface area contributed by atoms with Crippen molar-refractivity contribution >= 4 is 23.2 Å². The van der Waals surface area contributed by atoms with Gasteiger partial charge >= 0.3 is 0 Å². The Kier molecular flexibility index (Phi) is 7.03. The third-order valence-corrected chi connectivity index (χ3v) is 4.84. The number of nitrogens with zero attached hydrogens (tertiary/aromatic N) is 1. The number of β-amino-alcohol motifs (C(OH)–C–C–N with tert-alkyl or cyclic N) is 1. The maximum Gasteiger partial charge on any atom is 0.152 e. The highest BCUT2D eigenvalue weighted by Gasteiger charge is 2.26. The largest absolute Gasteiger partial charge is 0.491 e. The molecule has 4 nitrogen and oxygen atoms in total. The Bertz CT molecular complexity index is 678. The minimum atomic E-state index is -0.597. The summed E-state index contributed by atoms with van der Waals surface area (Å²) in [6, 6.07) is 14.5. The minimum Gasteiger partial charge on any atom is -0.491 e. The zero-order chi connectivity index (χ0) is 18.4. The molecule has 0 amide bonds. The van der Waals surface area contributed by atoms with Crippen LogP contribution in [0.4, 0.5) is 0 Å². The van der Waals surface area contributed by atoms with Crippen molar-refractivity contribution in [3.8, 4) is 11.5 Å². The number of rotatable bonds is 7.